The van der Waals surface area contributed by atoms with Crippen LogP contribution in [0.5, 0.6) is 0 Å². The highest BCUT2D eigenvalue weighted by atomic mass is 16.4. The van der Waals surface area contributed by atoms with Gasteiger partial charge in [-0.15, -0.1) is 0 Å². The number of carbonyl (C=O) groups excluding carboxylic acids is 4. The predicted octanol–water partition coefficient (Wildman–Crippen LogP) is -0.670. The summed E-state index contributed by atoms with van der Waals surface area (Å²) in [6, 6.07) is 4.36. The van der Waals surface area contributed by atoms with Gasteiger partial charge in [-0.25, -0.2) is 14.4 Å². The average Bonchev–Trinajstić information content (AvgIpc) is 3.31. The van der Waals surface area contributed by atoms with E-state index in [4.69, 9.17) is 5.11 Å². The van der Waals surface area contributed by atoms with Crippen molar-refractivity contribution < 1.29 is 78.6 Å². The Labute approximate surface area is 417 Å². The maximum atomic E-state index is 13.6. The van der Waals surface area contributed by atoms with Gasteiger partial charge in [-0.3, -0.25) is 53.2 Å². The summed E-state index contributed by atoms with van der Waals surface area (Å²) in [5.41, 5.74) is 0.887. The van der Waals surface area contributed by atoms with Crippen LogP contribution in [0.4, 0.5) is 4.79 Å². The number of carbonyl (C=O) groups is 10. The van der Waals surface area contributed by atoms with Gasteiger partial charge in [0.15, 0.2) is 0 Å². The van der Waals surface area contributed by atoms with Crippen LogP contribution in [-0.4, -0.2) is 220 Å². The van der Waals surface area contributed by atoms with E-state index in [-0.39, 0.29) is 109 Å². The first-order valence-electron chi connectivity index (χ1n) is 24.1. The van der Waals surface area contributed by atoms with Crippen molar-refractivity contribution in [3.63, 3.8) is 0 Å². The zero-order valence-corrected chi connectivity index (χ0v) is 40.5. The third kappa shape index (κ3) is 24.9. The van der Waals surface area contributed by atoms with Crippen LogP contribution in [0.25, 0.3) is 6.08 Å². The van der Waals surface area contributed by atoms with Crippen molar-refractivity contribution in [3.8, 4) is 0 Å². The number of rotatable bonds is 28. The van der Waals surface area contributed by atoms with Crippen LogP contribution in [0, 0.1) is 11.8 Å². The molecule has 3 atom stereocenters. The molecule has 2 aliphatic rings. The second-order valence-corrected chi connectivity index (χ2v) is 18.0. The molecule has 5 amide bonds. The number of carboxylic acids is 6. The van der Waals surface area contributed by atoms with Gasteiger partial charge in [0.25, 0.3) is 0 Å². The Hall–Kier alpha value is -6.70. The topological polar surface area (TPSA) is 365 Å². The number of hydrogen-bond donors (Lipinski definition) is 11. The molecule has 1 aliphatic carbocycles. The highest BCUT2D eigenvalue weighted by Gasteiger charge is 2.30. The molecule has 1 heterocycles. The minimum absolute atomic E-state index is 0.0268. The summed E-state index contributed by atoms with van der Waals surface area (Å²) in [6.45, 7) is 1.75. The number of carboxylic acid groups (broad SMARTS) is 6. The SMILES string of the molecule is O=C(O)CC[C@H](NC(=O)N[C@@H](CCCCNC(=O)[C@H](C/C=C/c1ccccc1)NC(=O)C1CCC(CNC(=O)CN2CCN(CC(=O)O)CCN(CC(=O)O)CCN(CC(=O)O)CC2)CC1)C(=O)O)C(=O)O. The maximum absolute atomic E-state index is 13.6. The molecule has 1 aromatic carbocycles. The summed E-state index contributed by atoms with van der Waals surface area (Å²) in [5, 5.41) is 69.1. The predicted molar refractivity (Wildman–Crippen MR) is 257 cm³/mol. The van der Waals surface area contributed by atoms with Crippen LogP contribution >= 0.6 is 0 Å². The smallest absolute Gasteiger partial charge is 0.326 e. The van der Waals surface area contributed by atoms with E-state index in [2.05, 4.69) is 26.6 Å². The normalized spacial score (nSPS) is 19.0. The van der Waals surface area contributed by atoms with Crippen molar-refractivity contribution >= 4 is 65.6 Å². The quantitative estimate of drug-likeness (QED) is 0.0464. The number of urea groups is 1. The van der Waals surface area contributed by atoms with Gasteiger partial charge in [-0.05, 0) is 69.3 Å². The molecule has 25 nitrogen and oxygen atoms in total. The molecule has 25 heteroatoms. The Morgan fingerprint density at radius 1 is 0.556 bits per heavy atom. The number of nitrogens with zero attached hydrogens (tertiary/aromatic N) is 4. The number of amides is 5. The molecule has 0 unspecified atom stereocenters. The number of nitrogens with one attached hydrogen (secondary N) is 5. The molecule has 400 valence electrons. The summed E-state index contributed by atoms with van der Waals surface area (Å²) in [7, 11) is 0. The largest absolute Gasteiger partial charge is 0.481 e. The lowest BCUT2D eigenvalue weighted by Gasteiger charge is -2.33. The standard InChI is InChI=1S/C47H71N9O16/c57-38(28-53-19-21-54(29-40(60)61)23-25-56(31-42(64)65)26-24-55(22-20-53)30-41(62)63)49-27-33-12-14-34(15-13-33)43(66)50-35(11-6-9-32-7-2-1-3-8-32)44(67)48-18-5-4-10-36(45(68)69)51-47(72)52-37(46(70)71)16-17-39(58)59/h1-3,6-9,33-37H,4-5,10-31H2,(H,48,67)(H,49,57)(H,50,66)(H,58,59)(H,60,61)(H,62,63)(H,64,65)(H,68,69)(H,70,71)(H2,51,52,72)/b9-6+/t33?,34?,35-,36-,37-/m0/s1. The number of unbranched alkanes of at least 4 members (excludes halogenated alkanes) is 1. The van der Waals surface area contributed by atoms with Gasteiger partial charge in [0.1, 0.15) is 18.1 Å². The van der Waals surface area contributed by atoms with Crippen LogP contribution in [0.3, 0.4) is 0 Å². The van der Waals surface area contributed by atoms with Gasteiger partial charge < -0.3 is 57.2 Å². The summed E-state index contributed by atoms with van der Waals surface area (Å²) >= 11 is 0. The van der Waals surface area contributed by atoms with E-state index in [0.29, 0.717) is 51.7 Å². The number of aliphatic carboxylic acids is 6. The molecule has 0 aromatic heterocycles. The Morgan fingerprint density at radius 3 is 1.51 bits per heavy atom. The van der Waals surface area contributed by atoms with Gasteiger partial charge in [-0.1, -0.05) is 42.5 Å². The van der Waals surface area contributed by atoms with E-state index in [0.717, 1.165) is 5.56 Å². The highest BCUT2D eigenvalue weighted by molar-refractivity contribution is 5.89. The molecular weight excluding hydrogens is 947 g/mol. The molecular formula is C47H71N9O16. The van der Waals surface area contributed by atoms with Crippen molar-refractivity contribution in [1.82, 2.24) is 46.2 Å². The first kappa shape index (κ1) is 59.6. The monoisotopic (exact) mass is 1020 g/mol. The van der Waals surface area contributed by atoms with Gasteiger partial charge in [0.2, 0.25) is 17.7 Å². The van der Waals surface area contributed by atoms with Crippen LogP contribution in [-0.2, 0) is 43.2 Å². The summed E-state index contributed by atoms with van der Waals surface area (Å²) in [5.74, 6) is -8.65. The first-order valence-corrected chi connectivity index (χ1v) is 24.1. The van der Waals surface area contributed by atoms with Crippen molar-refractivity contribution in [2.24, 2.45) is 11.8 Å². The third-order valence-electron chi connectivity index (χ3n) is 12.4. The lowest BCUT2D eigenvalue weighted by Crippen LogP contribution is -2.51. The van der Waals surface area contributed by atoms with E-state index >= 15 is 0 Å². The molecule has 0 bridgehead atoms. The Bertz CT molecular complexity index is 1970. The third-order valence-corrected chi connectivity index (χ3v) is 12.4. The van der Waals surface area contributed by atoms with Crippen molar-refractivity contribution in [3.05, 3.63) is 42.0 Å². The zero-order chi connectivity index (χ0) is 53.0. The van der Waals surface area contributed by atoms with E-state index < -0.39 is 84.6 Å². The fourth-order valence-corrected chi connectivity index (χ4v) is 8.31. The number of benzene rings is 1. The van der Waals surface area contributed by atoms with Gasteiger partial charge >= 0.3 is 41.8 Å². The first-order chi connectivity index (χ1) is 34.3. The molecule has 1 saturated carbocycles. The lowest BCUT2D eigenvalue weighted by molar-refractivity contribution is -0.141. The fourth-order valence-electron chi connectivity index (χ4n) is 8.31. The van der Waals surface area contributed by atoms with Gasteiger partial charge in [0.05, 0.1) is 26.2 Å². The summed E-state index contributed by atoms with van der Waals surface area (Å²) < 4.78 is 0. The molecule has 3 rings (SSSR count). The summed E-state index contributed by atoms with van der Waals surface area (Å²) in [6.07, 6.45) is 5.53. The van der Waals surface area contributed by atoms with Crippen molar-refractivity contribution in [2.75, 3.05) is 91.6 Å². The fraction of sp³-hybridized carbons (Fsp3) is 0.617. The number of hydrogen-bond acceptors (Lipinski definition) is 14. The molecule has 1 aliphatic heterocycles. The molecule has 2 fully saturated rings. The van der Waals surface area contributed by atoms with Crippen LogP contribution in [0.15, 0.2) is 36.4 Å². The summed E-state index contributed by atoms with van der Waals surface area (Å²) in [4.78, 5) is 129. The minimum atomic E-state index is -1.55. The van der Waals surface area contributed by atoms with Gasteiger partial charge in [-0.2, -0.15) is 0 Å². The van der Waals surface area contributed by atoms with Crippen LogP contribution in [0.1, 0.15) is 69.8 Å². The van der Waals surface area contributed by atoms with Crippen LogP contribution in [0.2, 0.25) is 0 Å². The van der Waals surface area contributed by atoms with Crippen LogP contribution < -0.4 is 26.6 Å². The molecule has 0 radical (unpaired) electrons. The van der Waals surface area contributed by atoms with Crippen molar-refractivity contribution in [1.29, 1.82) is 0 Å². The average molecular weight is 1020 g/mol. The Kier molecular flexibility index (Phi) is 26.7. The van der Waals surface area contributed by atoms with Gasteiger partial charge in [0, 0.05) is 77.8 Å². The van der Waals surface area contributed by atoms with E-state index in [1.807, 2.05) is 41.3 Å². The van der Waals surface area contributed by atoms with E-state index in [1.165, 1.54) is 0 Å². The molecule has 72 heavy (non-hydrogen) atoms. The second kappa shape index (κ2) is 32.3. The minimum Gasteiger partial charge on any atom is -0.481 e. The molecule has 1 aromatic rings. The molecule has 11 N–H and O–H groups in total. The zero-order valence-electron chi connectivity index (χ0n) is 40.5. The van der Waals surface area contributed by atoms with Crippen molar-refractivity contribution in [2.45, 2.75) is 82.3 Å². The van der Waals surface area contributed by atoms with E-state index in [9.17, 15) is 73.5 Å². The Morgan fingerprint density at radius 2 is 1.04 bits per heavy atom. The second-order valence-electron chi connectivity index (χ2n) is 18.0. The lowest BCUT2D eigenvalue weighted by atomic mass is 9.81. The highest BCUT2D eigenvalue weighted by Crippen LogP contribution is 2.29. The molecule has 1 saturated heterocycles. The van der Waals surface area contributed by atoms with E-state index in [1.54, 1.807) is 20.8 Å². The maximum Gasteiger partial charge on any atom is 0.326 e. The molecule has 0 spiro atoms. The Balaban J connectivity index is 1.53.